The predicted octanol–water partition coefficient (Wildman–Crippen LogP) is 3.71. The van der Waals surface area contributed by atoms with Gasteiger partial charge in [-0.1, -0.05) is 18.2 Å². The number of anilines is 1. The number of para-hydroxylation sites is 1. The van der Waals surface area contributed by atoms with Crippen molar-refractivity contribution in [1.29, 1.82) is 0 Å². The van der Waals surface area contributed by atoms with Crippen LogP contribution in [0.4, 0.5) is 5.82 Å². The van der Waals surface area contributed by atoms with Gasteiger partial charge in [0, 0.05) is 5.56 Å². The summed E-state index contributed by atoms with van der Waals surface area (Å²) in [4.78, 5) is 12.1. The number of nitrogens with one attached hydrogen (secondary N) is 1. The lowest BCUT2D eigenvalue weighted by Crippen LogP contribution is -2.15. The smallest absolute Gasteiger partial charge is 0.235 e. The Hall–Kier alpha value is -2.05. The van der Waals surface area contributed by atoms with Gasteiger partial charge < -0.3 is 5.32 Å². The Morgan fingerprint density at radius 3 is 2.86 bits per heavy atom. The zero-order chi connectivity index (χ0) is 14.9. The number of thiophene rings is 1. The maximum atomic E-state index is 12.1. The fraction of sp³-hybridized carbons (Fsp3) is 0.125. The molecule has 0 aliphatic carbocycles. The van der Waals surface area contributed by atoms with E-state index >= 15 is 0 Å². The highest BCUT2D eigenvalue weighted by molar-refractivity contribution is 8.00. The van der Waals surface area contributed by atoms with Gasteiger partial charge in [0.25, 0.3) is 0 Å². The number of carbonyl (C=O) groups excluding carboxylic acids is 1. The minimum absolute atomic E-state index is 0.0154. The maximum Gasteiger partial charge on any atom is 0.235 e. The van der Waals surface area contributed by atoms with Gasteiger partial charge in [-0.15, -0.1) is 11.8 Å². The third-order valence-corrected chi connectivity index (χ3v) is 5.56. The summed E-state index contributed by atoms with van der Waals surface area (Å²) in [7, 11) is 0. The van der Waals surface area contributed by atoms with Gasteiger partial charge in [0.05, 0.1) is 22.9 Å². The summed E-state index contributed by atoms with van der Waals surface area (Å²) in [5.41, 5.74) is 3.22. The van der Waals surface area contributed by atoms with Crippen molar-refractivity contribution in [3.05, 3.63) is 64.5 Å². The highest BCUT2D eigenvalue weighted by Gasteiger charge is 2.28. The van der Waals surface area contributed by atoms with Crippen molar-refractivity contribution in [3.8, 4) is 5.69 Å². The first kappa shape index (κ1) is 13.6. The lowest BCUT2D eigenvalue weighted by atomic mass is 10.1. The van der Waals surface area contributed by atoms with Crippen LogP contribution >= 0.6 is 23.1 Å². The normalized spacial score (nSPS) is 17.6. The molecule has 6 heteroatoms. The monoisotopic (exact) mass is 327 g/mol. The minimum Gasteiger partial charge on any atom is -0.310 e. The molecule has 22 heavy (non-hydrogen) atoms. The van der Waals surface area contributed by atoms with Crippen molar-refractivity contribution in [2.24, 2.45) is 0 Å². The van der Waals surface area contributed by atoms with E-state index in [1.165, 1.54) is 5.56 Å². The molecule has 4 rings (SSSR count). The standard InChI is InChI=1S/C16H13N3OS2/c20-14-10-22-15(11-6-7-21-9-11)13-8-17-19(16(13)18-14)12-4-2-1-3-5-12/h1-9,15H,10H2,(H,18,20)/t15-/m0/s1. The number of rotatable bonds is 2. The van der Waals surface area contributed by atoms with Gasteiger partial charge in [-0.3, -0.25) is 4.79 Å². The van der Waals surface area contributed by atoms with Crippen LogP contribution in [-0.4, -0.2) is 21.4 Å². The molecule has 0 fully saturated rings. The number of carbonyl (C=O) groups is 1. The van der Waals surface area contributed by atoms with Crippen molar-refractivity contribution in [2.75, 3.05) is 11.1 Å². The lowest BCUT2D eigenvalue weighted by molar-refractivity contribution is -0.113. The molecule has 0 unspecified atom stereocenters. The number of hydrogen-bond acceptors (Lipinski definition) is 4. The number of benzene rings is 1. The van der Waals surface area contributed by atoms with Crippen LogP contribution in [0.15, 0.2) is 53.4 Å². The zero-order valence-electron chi connectivity index (χ0n) is 11.6. The van der Waals surface area contributed by atoms with Gasteiger partial charge >= 0.3 is 0 Å². The first-order valence-electron chi connectivity index (χ1n) is 6.90. The van der Waals surface area contributed by atoms with Crippen LogP contribution in [0.5, 0.6) is 0 Å². The minimum atomic E-state index is 0.0154. The number of hydrogen-bond donors (Lipinski definition) is 1. The Balaban J connectivity index is 1.85. The van der Waals surface area contributed by atoms with Crippen LogP contribution < -0.4 is 5.32 Å². The second-order valence-electron chi connectivity index (χ2n) is 4.99. The summed E-state index contributed by atoms with van der Waals surface area (Å²) >= 11 is 3.32. The molecule has 1 aliphatic rings. The second kappa shape index (κ2) is 5.62. The van der Waals surface area contributed by atoms with Crippen LogP contribution in [-0.2, 0) is 4.79 Å². The molecule has 0 spiro atoms. The summed E-state index contributed by atoms with van der Waals surface area (Å²) < 4.78 is 1.80. The van der Waals surface area contributed by atoms with Crippen molar-refractivity contribution in [3.63, 3.8) is 0 Å². The molecule has 1 aromatic carbocycles. The zero-order valence-corrected chi connectivity index (χ0v) is 13.2. The molecular weight excluding hydrogens is 314 g/mol. The van der Waals surface area contributed by atoms with E-state index in [1.807, 2.05) is 36.5 Å². The molecule has 3 heterocycles. The fourth-order valence-corrected chi connectivity index (χ4v) is 4.41. The highest BCUT2D eigenvalue weighted by atomic mass is 32.2. The first-order valence-corrected chi connectivity index (χ1v) is 8.89. The quantitative estimate of drug-likeness (QED) is 0.780. The van der Waals surface area contributed by atoms with Crippen LogP contribution in [0.25, 0.3) is 5.69 Å². The average Bonchev–Trinajstić information content (AvgIpc) is 3.17. The van der Waals surface area contributed by atoms with E-state index in [2.05, 4.69) is 27.2 Å². The molecule has 4 nitrogen and oxygen atoms in total. The molecule has 1 amide bonds. The van der Waals surface area contributed by atoms with E-state index in [9.17, 15) is 4.79 Å². The molecule has 1 atom stereocenters. The summed E-state index contributed by atoms with van der Waals surface area (Å²) in [5.74, 6) is 1.24. The van der Waals surface area contributed by atoms with E-state index in [1.54, 1.807) is 27.8 Å². The summed E-state index contributed by atoms with van der Waals surface area (Å²) in [6.07, 6.45) is 1.86. The summed E-state index contributed by atoms with van der Waals surface area (Å²) in [5, 5.41) is 11.8. The number of fused-ring (bicyclic) bond motifs is 1. The van der Waals surface area contributed by atoms with Gasteiger partial charge in [-0.05, 0) is 34.5 Å². The largest absolute Gasteiger partial charge is 0.310 e. The van der Waals surface area contributed by atoms with Crippen LogP contribution in [0, 0.1) is 0 Å². The van der Waals surface area contributed by atoms with Gasteiger partial charge in [0.1, 0.15) is 5.82 Å². The Morgan fingerprint density at radius 2 is 2.09 bits per heavy atom. The predicted molar refractivity (Wildman–Crippen MR) is 90.8 cm³/mol. The molecule has 0 bridgehead atoms. The maximum absolute atomic E-state index is 12.1. The highest BCUT2D eigenvalue weighted by Crippen LogP contribution is 2.42. The topological polar surface area (TPSA) is 46.9 Å². The third kappa shape index (κ3) is 2.34. The van der Waals surface area contributed by atoms with Crippen LogP contribution in [0.2, 0.25) is 0 Å². The van der Waals surface area contributed by atoms with Crippen LogP contribution in [0.1, 0.15) is 16.4 Å². The van der Waals surface area contributed by atoms with Crippen molar-refractivity contribution in [1.82, 2.24) is 9.78 Å². The van der Waals surface area contributed by atoms with E-state index in [0.29, 0.717) is 5.75 Å². The lowest BCUT2D eigenvalue weighted by Gasteiger charge is -2.12. The molecule has 0 saturated heterocycles. The van der Waals surface area contributed by atoms with E-state index in [-0.39, 0.29) is 11.2 Å². The van der Waals surface area contributed by atoms with Crippen molar-refractivity contribution < 1.29 is 4.79 Å². The Labute approximate surface area is 136 Å². The van der Waals surface area contributed by atoms with Gasteiger partial charge in [-0.2, -0.15) is 16.4 Å². The van der Waals surface area contributed by atoms with Gasteiger partial charge in [-0.25, -0.2) is 4.68 Å². The number of aromatic nitrogens is 2. The van der Waals surface area contributed by atoms with E-state index < -0.39 is 0 Å². The molecule has 110 valence electrons. The molecular formula is C16H13N3OS2. The third-order valence-electron chi connectivity index (χ3n) is 3.57. The number of thioether (sulfide) groups is 1. The fourth-order valence-electron chi connectivity index (χ4n) is 2.56. The Kier molecular flexibility index (Phi) is 3.48. The van der Waals surface area contributed by atoms with Crippen molar-refractivity contribution in [2.45, 2.75) is 5.25 Å². The Bertz CT molecular complexity index is 796. The number of nitrogens with zero attached hydrogens (tertiary/aromatic N) is 2. The second-order valence-corrected chi connectivity index (χ2v) is 6.87. The summed E-state index contributed by atoms with van der Waals surface area (Å²) in [6, 6.07) is 12.0. The SMILES string of the molecule is O=C1CS[C@@H](c2ccsc2)c2cnn(-c3ccccc3)c2N1. The molecule has 2 aromatic heterocycles. The first-order chi connectivity index (χ1) is 10.8. The number of amides is 1. The molecule has 3 aromatic rings. The molecule has 0 saturated carbocycles. The van der Waals surface area contributed by atoms with Gasteiger partial charge in [0.15, 0.2) is 0 Å². The molecule has 1 aliphatic heterocycles. The Morgan fingerprint density at radius 1 is 1.23 bits per heavy atom. The average molecular weight is 327 g/mol. The molecule has 1 N–H and O–H groups in total. The van der Waals surface area contributed by atoms with E-state index in [0.717, 1.165) is 17.1 Å². The van der Waals surface area contributed by atoms with E-state index in [4.69, 9.17) is 0 Å². The molecule has 0 radical (unpaired) electrons. The van der Waals surface area contributed by atoms with Crippen molar-refractivity contribution >= 4 is 34.8 Å². The van der Waals surface area contributed by atoms with Gasteiger partial charge in [0.2, 0.25) is 5.91 Å². The van der Waals surface area contributed by atoms with Crippen LogP contribution in [0.3, 0.4) is 0 Å². The summed E-state index contributed by atoms with van der Waals surface area (Å²) in [6.45, 7) is 0.